The predicted octanol–water partition coefficient (Wildman–Crippen LogP) is 2.42. The Kier molecular flexibility index (Phi) is 3.63. The zero-order valence-electron chi connectivity index (χ0n) is 14.2. The molecule has 1 aromatic heterocycles. The third-order valence-corrected chi connectivity index (χ3v) is 6.73. The number of ether oxygens (including phenoxy) is 2. The molecule has 1 aromatic carbocycles. The smallest absolute Gasteiger partial charge is 0.227 e. The standard InChI is InChI=1S/C17H22N4O2S/c1-17-8-21(6-10(17)7-24-9-17)16-19-12-5-14(23-3)13(22-2)4-11(12)15(18)20-16/h4-5,10H,6-9H2,1-3H3,(H2,18,19,20)/t10-,17+/m1/s1. The Labute approximate surface area is 145 Å². The van der Waals surface area contributed by atoms with Crippen LogP contribution in [0.1, 0.15) is 6.92 Å². The van der Waals surface area contributed by atoms with Crippen LogP contribution in [0.25, 0.3) is 10.9 Å². The summed E-state index contributed by atoms with van der Waals surface area (Å²) >= 11 is 2.05. The van der Waals surface area contributed by atoms with Gasteiger partial charge in [0.2, 0.25) is 5.95 Å². The lowest BCUT2D eigenvalue weighted by molar-refractivity contribution is 0.342. The van der Waals surface area contributed by atoms with E-state index < -0.39 is 0 Å². The normalized spacial score (nSPS) is 26.0. The lowest BCUT2D eigenvalue weighted by Crippen LogP contribution is -2.27. The van der Waals surface area contributed by atoms with Crippen LogP contribution in [0.5, 0.6) is 11.5 Å². The highest BCUT2D eigenvalue weighted by atomic mass is 32.2. The molecule has 7 heteroatoms. The van der Waals surface area contributed by atoms with Gasteiger partial charge in [-0.2, -0.15) is 16.7 Å². The molecular formula is C17H22N4O2S. The van der Waals surface area contributed by atoms with E-state index in [-0.39, 0.29) is 0 Å². The van der Waals surface area contributed by atoms with Gasteiger partial charge in [-0.3, -0.25) is 0 Å². The molecule has 2 aromatic rings. The molecule has 24 heavy (non-hydrogen) atoms. The second kappa shape index (κ2) is 5.58. The molecule has 6 nitrogen and oxygen atoms in total. The molecule has 4 rings (SSSR count). The first-order valence-corrected chi connectivity index (χ1v) is 9.21. The second-order valence-electron chi connectivity index (χ2n) is 6.88. The zero-order valence-corrected chi connectivity index (χ0v) is 15.0. The van der Waals surface area contributed by atoms with Crippen LogP contribution in [0.2, 0.25) is 0 Å². The number of hydrogen-bond acceptors (Lipinski definition) is 7. The van der Waals surface area contributed by atoms with Gasteiger partial charge >= 0.3 is 0 Å². The summed E-state index contributed by atoms with van der Waals surface area (Å²) in [7, 11) is 3.23. The number of hydrogen-bond donors (Lipinski definition) is 1. The van der Waals surface area contributed by atoms with Crippen LogP contribution in [-0.2, 0) is 0 Å². The molecule has 2 atom stereocenters. The van der Waals surface area contributed by atoms with E-state index in [1.807, 2.05) is 12.1 Å². The van der Waals surface area contributed by atoms with Crippen LogP contribution in [0.15, 0.2) is 12.1 Å². The summed E-state index contributed by atoms with van der Waals surface area (Å²) in [6.07, 6.45) is 0. The number of benzene rings is 1. The molecule has 2 fully saturated rings. The molecule has 2 aliphatic heterocycles. The largest absolute Gasteiger partial charge is 0.493 e. The zero-order chi connectivity index (χ0) is 16.9. The first kappa shape index (κ1) is 15.6. The number of nitrogens with zero attached hydrogens (tertiary/aromatic N) is 3. The molecule has 2 aliphatic rings. The number of thioether (sulfide) groups is 1. The van der Waals surface area contributed by atoms with E-state index in [0.29, 0.717) is 34.6 Å². The molecule has 0 bridgehead atoms. The summed E-state index contributed by atoms with van der Waals surface area (Å²) in [5, 5.41) is 0.789. The Balaban J connectivity index is 1.75. The summed E-state index contributed by atoms with van der Waals surface area (Å²) in [5.41, 5.74) is 7.35. The minimum absolute atomic E-state index is 0.356. The Hall–Kier alpha value is -1.89. The molecule has 0 saturated carbocycles. The fraction of sp³-hybridized carbons (Fsp3) is 0.529. The lowest BCUT2D eigenvalue weighted by atomic mass is 9.84. The second-order valence-corrected chi connectivity index (χ2v) is 7.91. The van der Waals surface area contributed by atoms with Crippen LogP contribution in [-0.4, -0.2) is 48.8 Å². The monoisotopic (exact) mass is 346 g/mol. The maximum absolute atomic E-state index is 6.21. The van der Waals surface area contributed by atoms with E-state index in [1.165, 1.54) is 11.5 Å². The van der Waals surface area contributed by atoms with Crippen molar-refractivity contribution in [3.05, 3.63) is 12.1 Å². The van der Waals surface area contributed by atoms with Crippen molar-refractivity contribution < 1.29 is 9.47 Å². The van der Waals surface area contributed by atoms with Crippen molar-refractivity contribution in [3.8, 4) is 11.5 Å². The maximum Gasteiger partial charge on any atom is 0.227 e. The predicted molar refractivity (Wildman–Crippen MR) is 98.2 cm³/mol. The van der Waals surface area contributed by atoms with Gasteiger partial charge in [0.15, 0.2) is 11.5 Å². The van der Waals surface area contributed by atoms with E-state index in [4.69, 9.17) is 20.2 Å². The number of rotatable bonds is 3. The molecular weight excluding hydrogens is 324 g/mol. The first-order chi connectivity index (χ1) is 11.5. The third-order valence-electron chi connectivity index (χ3n) is 5.23. The highest BCUT2D eigenvalue weighted by Crippen LogP contribution is 2.47. The van der Waals surface area contributed by atoms with E-state index >= 15 is 0 Å². The highest BCUT2D eigenvalue weighted by molar-refractivity contribution is 7.99. The number of nitrogen functional groups attached to an aromatic ring is 1. The third kappa shape index (κ3) is 2.33. The number of nitrogens with two attached hydrogens (primary N) is 1. The van der Waals surface area contributed by atoms with Crippen molar-refractivity contribution in [2.45, 2.75) is 6.92 Å². The molecule has 128 valence electrons. The Morgan fingerprint density at radius 1 is 1.25 bits per heavy atom. The quantitative estimate of drug-likeness (QED) is 0.915. The molecule has 0 spiro atoms. The SMILES string of the molecule is COc1cc2nc(N3C[C@@H]4CSC[C@]4(C)C3)nc(N)c2cc1OC. The van der Waals surface area contributed by atoms with Crippen molar-refractivity contribution in [1.29, 1.82) is 0 Å². The minimum atomic E-state index is 0.356. The van der Waals surface area contributed by atoms with Crippen molar-refractivity contribution in [1.82, 2.24) is 9.97 Å². The highest BCUT2D eigenvalue weighted by Gasteiger charge is 2.47. The fourth-order valence-electron chi connectivity index (χ4n) is 3.73. The molecule has 0 unspecified atom stereocenters. The van der Waals surface area contributed by atoms with Gasteiger partial charge in [0.1, 0.15) is 5.82 Å². The Morgan fingerprint density at radius 3 is 2.71 bits per heavy atom. The van der Waals surface area contributed by atoms with Crippen LogP contribution in [0.4, 0.5) is 11.8 Å². The van der Waals surface area contributed by atoms with Gasteiger partial charge in [0, 0.05) is 30.3 Å². The molecule has 0 aliphatic carbocycles. The number of anilines is 2. The molecule has 0 amide bonds. The van der Waals surface area contributed by atoms with E-state index in [2.05, 4.69) is 28.6 Å². The van der Waals surface area contributed by atoms with Gasteiger partial charge in [-0.05, 0) is 23.2 Å². The number of aromatic nitrogens is 2. The van der Waals surface area contributed by atoms with Crippen LogP contribution in [0, 0.1) is 11.3 Å². The summed E-state index contributed by atoms with van der Waals surface area (Å²) in [5.74, 6) is 5.61. The van der Waals surface area contributed by atoms with Gasteiger partial charge in [-0.15, -0.1) is 0 Å². The van der Waals surface area contributed by atoms with E-state index in [9.17, 15) is 0 Å². The average Bonchev–Trinajstić information content (AvgIpc) is 3.08. The average molecular weight is 346 g/mol. The van der Waals surface area contributed by atoms with Crippen molar-refractivity contribution in [2.75, 3.05) is 49.4 Å². The van der Waals surface area contributed by atoms with Gasteiger partial charge < -0.3 is 20.1 Å². The molecule has 2 N–H and O–H groups in total. The van der Waals surface area contributed by atoms with Gasteiger partial charge in [0.05, 0.1) is 19.7 Å². The summed E-state index contributed by atoms with van der Waals surface area (Å²) in [6, 6.07) is 3.70. The van der Waals surface area contributed by atoms with Crippen molar-refractivity contribution in [3.63, 3.8) is 0 Å². The van der Waals surface area contributed by atoms with Crippen LogP contribution in [0.3, 0.4) is 0 Å². The fourth-order valence-corrected chi connectivity index (χ4v) is 5.43. The summed E-state index contributed by atoms with van der Waals surface area (Å²) < 4.78 is 10.7. The maximum atomic E-state index is 6.21. The Bertz CT molecular complexity index is 800. The van der Waals surface area contributed by atoms with Gasteiger partial charge in [-0.25, -0.2) is 4.98 Å². The van der Waals surface area contributed by atoms with E-state index in [1.54, 1.807) is 14.2 Å². The molecule has 2 saturated heterocycles. The van der Waals surface area contributed by atoms with Gasteiger partial charge in [0.25, 0.3) is 0 Å². The van der Waals surface area contributed by atoms with Crippen molar-refractivity contribution in [2.24, 2.45) is 11.3 Å². The van der Waals surface area contributed by atoms with Crippen LogP contribution < -0.4 is 20.1 Å². The summed E-state index contributed by atoms with van der Waals surface area (Å²) in [6.45, 7) is 4.36. The van der Waals surface area contributed by atoms with Crippen molar-refractivity contribution >= 4 is 34.4 Å². The summed E-state index contributed by atoms with van der Waals surface area (Å²) in [4.78, 5) is 11.6. The molecule has 3 heterocycles. The molecule has 0 radical (unpaired) electrons. The van der Waals surface area contributed by atoms with Crippen LogP contribution >= 0.6 is 11.8 Å². The number of fused-ring (bicyclic) bond motifs is 2. The first-order valence-electron chi connectivity index (χ1n) is 8.06. The topological polar surface area (TPSA) is 73.5 Å². The Morgan fingerprint density at radius 2 is 2.00 bits per heavy atom. The minimum Gasteiger partial charge on any atom is -0.493 e. The number of methoxy groups -OCH3 is 2. The lowest BCUT2D eigenvalue weighted by Gasteiger charge is -2.22. The van der Waals surface area contributed by atoms with Gasteiger partial charge in [-0.1, -0.05) is 6.92 Å². The van der Waals surface area contributed by atoms with E-state index in [0.717, 1.165) is 24.0 Å².